The first-order valence-corrected chi connectivity index (χ1v) is 10.4. The summed E-state index contributed by atoms with van der Waals surface area (Å²) in [7, 11) is 0. The highest BCUT2D eigenvalue weighted by Gasteiger charge is 2.08. The van der Waals surface area contributed by atoms with Crippen LogP contribution < -0.4 is 4.74 Å². The van der Waals surface area contributed by atoms with Crippen LogP contribution in [-0.4, -0.2) is 29.0 Å². The van der Waals surface area contributed by atoms with Gasteiger partial charge in [0.05, 0.1) is 23.3 Å². The van der Waals surface area contributed by atoms with E-state index in [4.69, 9.17) is 9.47 Å². The van der Waals surface area contributed by atoms with Gasteiger partial charge in [0, 0.05) is 12.6 Å². The van der Waals surface area contributed by atoms with Crippen molar-refractivity contribution in [1.29, 1.82) is 0 Å². The standard InChI is InChI=1S/C19H25BrN2O3.C2H6/c1-4-15-12-17(8-6-16(15)7-9-19(23)24-5-2)25-11-10-22-13-18(20)14(3)21-22;1-2/h6,8,12-13H,4-5,7,9-11H2,1-3H3;1-2H3. The number of ether oxygens (including phenoxy) is 2. The molecular weight excluding hydrogens is 408 g/mol. The van der Waals surface area contributed by atoms with Gasteiger partial charge in [-0.1, -0.05) is 26.8 Å². The van der Waals surface area contributed by atoms with Crippen LogP contribution in [0.2, 0.25) is 0 Å². The SMILES string of the molecule is CC.CCOC(=O)CCc1ccc(OCCn2cc(Br)c(C)n2)cc1CC. The molecule has 6 heteroatoms. The van der Waals surface area contributed by atoms with Gasteiger partial charge < -0.3 is 9.47 Å². The largest absolute Gasteiger partial charge is 0.492 e. The van der Waals surface area contributed by atoms with Crippen LogP contribution in [0.25, 0.3) is 0 Å². The minimum atomic E-state index is -0.148. The summed E-state index contributed by atoms with van der Waals surface area (Å²) in [5, 5.41) is 4.39. The topological polar surface area (TPSA) is 53.4 Å². The molecule has 0 unspecified atom stereocenters. The lowest BCUT2D eigenvalue weighted by atomic mass is 10.0. The fourth-order valence-electron chi connectivity index (χ4n) is 2.60. The normalized spacial score (nSPS) is 10.1. The number of carbonyl (C=O) groups excluding carboxylic acids is 1. The molecule has 1 aromatic heterocycles. The molecule has 0 spiro atoms. The van der Waals surface area contributed by atoms with Gasteiger partial charge >= 0.3 is 5.97 Å². The summed E-state index contributed by atoms with van der Waals surface area (Å²) >= 11 is 3.46. The monoisotopic (exact) mass is 438 g/mol. The third kappa shape index (κ3) is 7.75. The molecule has 5 nitrogen and oxygen atoms in total. The number of hydrogen-bond acceptors (Lipinski definition) is 4. The Kier molecular flexibility index (Phi) is 10.8. The average molecular weight is 439 g/mol. The maximum Gasteiger partial charge on any atom is 0.306 e. The van der Waals surface area contributed by atoms with Crippen molar-refractivity contribution in [3.8, 4) is 5.75 Å². The summed E-state index contributed by atoms with van der Waals surface area (Å²) in [6, 6.07) is 6.07. The number of esters is 1. The Morgan fingerprint density at radius 3 is 2.56 bits per heavy atom. The Balaban J connectivity index is 0.00000176. The van der Waals surface area contributed by atoms with Gasteiger partial charge in [-0.2, -0.15) is 5.10 Å². The minimum absolute atomic E-state index is 0.148. The molecule has 0 saturated carbocycles. The zero-order valence-electron chi connectivity index (χ0n) is 17.0. The Labute approximate surface area is 171 Å². The molecule has 1 heterocycles. The van der Waals surface area contributed by atoms with Crippen molar-refractivity contribution in [1.82, 2.24) is 9.78 Å². The quantitative estimate of drug-likeness (QED) is 0.509. The fourth-order valence-corrected chi connectivity index (χ4v) is 2.92. The molecule has 0 N–H and O–H groups in total. The zero-order valence-corrected chi connectivity index (χ0v) is 18.6. The molecule has 1 aromatic carbocycles. The van der Waals surface area contributed by atoms with Crippen LogP contribution in [0.1, 0.15) is 50.9 Å². The number of aryl methyl sites for hydroxylation is 3. The third-order valence-corrected chi connectivity index (χ3v) is 4.72. The third-order valence-electron chi connectivity index (χ3n) is 3.94. The van der Waals surface area contributed by atoms with Gasteiger partial charge in [0.25, 0.3) is 0 Å². The van der Waals surface area contributed by atoms with Crippen LogP contribution in [0, 0.1) is 6.92 Å². The molecule has 0 bridgehead atoms. The first kappa shape index (κ1) is 23.2. The Bertz CT molecular complexity index is 694. The lowest BCUT2D eigenvalue weighted by Gasteiger charge is -2.12. The predicted octanol–water partition coefficient (Wildman–Crippen LogP) is 5.12. The van der Waals surface area contributed by atoms with Gasteiger partial charge in [-0.25, -0.2) is 0 Å². The van der Waals surface area contributed by atoms with E-state index in [-0.39, 0.29) is 5.97 Å². The summed E-state index contributed by atoms with van der Waals surface area (Å²) in [5.41, 5.74) is 3.35. The second-order valence-electron chi connectivity index (χ2n) is 5.76. The predicted molar refractivity (Wildman–Crippen MR) is 112 cm³/mol. The number of nitrogens with zero attached hydrogens (tertiary/aromatic N) is 2. The van der Waals surface area contributed by atoms with E-state index in [1.54, 1.807) is 0 Å². The van der Waals surface area contributed by atoms with Crippen molar-refractivity contribution in [3.63, 3.8) is 0 Å². The van der Waals surface area contributed by atoms with Crippen molar-refractivity contribution in [2.24, 2.45) is 0 Å². The zero-order chi connectivity index (χ0) is 20.2. The van der Waals surface area contributed by atoms with Crippen molar-refractivity contribution >= 4 is 21.9 Å². The summed E-state index contributed by atoms with van der Waals surface area (Å²) in [4.78, 5) is 11.5. The molecule has 2 aromatic rings. The maximum atomic E-state index is 11.5. The number of carbonyl (C=O) groups is 1. The number of rotatable bonds is 9. The molecule has 27 heavy (non-hydrogen) atoms. The second kappa shape index (κ2) is 12.5. The highest BCUT2D eigenvalue weighted by molar-refractivity contribution is 9.10. The van der Waals surface area contributed by atoms with Gasteiger partial charge in [0.1, 0.15) is 12.4 Å². The van der Waals surface area contributed by atoms with E-state index in [1.807, 2.05) is 50.7 Å². The first-order valence-electron chi connectivity index (χ1n) is 9.63. The van der Waals surface area contributed by atoms with Crippen LogP contribution in [0.4, 0.5) is 0 Å². The molecule has 0 atom stereocenters. The highest BCUT2D eigenvalue weighted by Crippen LogP contribution is 2.20. The molecule has 150 valence electrons. The Hall–Kier alpha value is -1.82. The molecule has 0 saturated heterocycles. The molecule has 0 amide bonds. The van der Waals surface area contributed by atoms with E-state index in [9.17, 15) is 4.79 Å². The number of hydrogen-bond donors (Lipinski definition) is 0. The van der Waals surface area contributed by atoms with E-state index < -0.39 is 0 Å². The van der Waals surface area contributed by atoms with Gasteiger partial charge in [-0.15, -0.1) is 0 Å². The van der Waals surface area contributed by atoms with Crippen molar-refractivity contribution < 1.29 is 14.3 Å². The Morgan fingerprint density at radius 1 is 1.22 bits per heavy atom. The van der Waals surface area contributed by atoms with Crippen molar-refractivity contribution in [2.45, 2.75) is 60.4 Å². The first-order chi connectivity index (χ1) is 13.0. The molecule has 0 aliphatic carbocycles. The number of halogens is 1. The van der Waals surface area contributed by atoms with Gasteiger partial charge in [0.15, 0.2) is 0 Å². The smallest absolute Gasteiger partial charge is 0.306 e. The lowest BCUT2D eigenvalue weighted by Crippen LogP contribution is -2.09. The average Bonchev–Trinajstić information content (AvgIpc) is 3.00. The molecule has 2 rings (SSSR count). The Morgan fingerprint density at radius 2 is 1.96 bits per heavy atom. The fraction of sp³-hybridized carbons (Fsp3) is 0.524. The van der Waals surface area contributed by atoms with E-state index in [0.29, 0.717) is 32.6 Å². The second-order valence-corrected chi connectivity index (χ2v) is 6.62. The summed E-state index contributed by atoms with van der Waals surface area (Å²) in [6.45, 7) is 11.6. The summed E-state index contributed by atoms with van der Waals surface area (Å²) < 4.78 is 13.7. The highest BCUT2D eigenvalue weighted by atomic mass is 79.9. The van der Waals surface area contributed by atoms with Crippen LogP contribution in [0.3, 0.4) is 0 Å². The summed E-state index contributed by atoms with van der Waals surface area (Å²) in [5.74, 6) is 0.699. The van der Waals surface area contributed by atoms with Crippen LogP contribution in [-0.2, 0) is 28.9 Å². The van der Waals surface area contributed by atoms with Crippen LogP contribution in [0.15, 0.2) is 28.9 Å². The molecule has 0 aliphatic rings. The van der Waals surface area contributed by atoms with Crippen molar-refractivity contribution in [2.75, 3.05) is 13.2 Å². The molecule has 0 aliphatic heterocycles. The van der Waals surface area contributed by atoms with E-state index in [0.717, 1.165) is 22.3 Å². The van der Waals surface area contributed by atoms with Gasteiger partial charge in [0.2, 0.25) is 0 Å². The molecule has 0 radical (unpaired) electrons. The minimum Gasteiger partial charge on any atom is -0.492 e. The van der Waals surface area contributed by atoms with Gasteiger partial charge in [-0.05, 0) is 65.9 Å². The number of aromatic nitrogens is 2. The molecular formula is C21H31BrN2O3. The maximum absolute atomic E-state index is 11.5. The van der Waals surface area contributed by atoms with Crippen molar-refractivity contribution in [3.05, 3.63) is 45.7 Å². The summed E-state index contributed by atoms with van der Waals surface area (Å²) in [6.07, 6.45) is 3.97. The van der Waals surface area contributed by atoms with E-state index in [2.05, 4.69) is 34.0 Å². The van der Waals surface area contributed by atoms with Gasteiger partial charge in [-0.3, -0.25) is 9.48 Å². The lowest BCUT2D eigenvalue weighted by molar-refractivity contribution is -0.143. The van der Waals surface area contributed by atoms with E-state index >= 15 is 0 Å². The number of benzene rings is 1. The molecule has 0 fully saturated rings. The van der Waals surface area contributed by atoms with Crippen LogP contribution >= 0.6 is 15.9 Å². The van der Waals surface area contributed by atoms with Crippen LogP contribution in [0.5, 0.6) is 5.75 Å². The van der Waals surface area contributed by atoms with E-state index in [1.165, 1.54) is 11.1 Å².